The van der Waals surface area contributed by atoms with E-state index in [9.17, 15) is 0 Å². The van der Waals surface area contributed by atoms with Crippen molar-refractivity contribution in [3.8, 4) is 0 Å². The molecule has 98 valence electrons. The van der Waals surface area contributed by atoms with Crippen LogP contribution in [0.25, 0.3) is 0 Å². The summed E-state index contributed by atoms with van der Waals surface area (Å²) in [6, 6.07) is 0. The molecule has 0 aliphatic heterocycles. The van der Waals surface area contributed by atoms with Crippen molar-refractivity contribution in [2.75, 3.05) is 13.6 Å². The van der Waals surface area contributed by atoms with Gasteiger partial charge < -0.3 is 5.32 Å². The Labute approximate surface area is 106 Å². The molecule has 0 saturated carbocycles. The summed E-state index contributed by atoms with van der Waals surface area (Å²) in [4.78, 5) is 0. The standard InChI is InChI=1S/C14H27N3/c1-7-12-11(9-10-15-6)13(8-2)17(16-12)14(3,4)5/h15H,7-10H2,1-6H3. The predicted octanol–water partition coefficient (Wildman–Crippen LogP) is 2.52. The highest BCUT2D eigenvalue weighted by molar-refractivity contribution is 5.28. The van der Waals surface area contributed by atoms with Gasteiger partial charge in [0.1, 0.15) is 0 Å². The van der Waals surface area contributed by atoms with Gasteiger partial charge in [0.25, 0.3) is 0 Å². The molecule has 1 aromatic rings. The van der Waals surface area contributed by atoms with Crippen molar-refractivity contribution in [2.24, 2.45) is 0 Å². The molecular weight excluding hydrogens is 210 g/mol. The topological polar surface area (TPSA) is 29.9 Å². The molecule has 0 saturated heterocycles. The third kappa shape index (κ3) is 3.09. The minimum atomic E-state index is 0.0765. The van der Waals surface area contributed by atoms with Crippen LogP contribution in [0.3, 0.4) is 0 Å². The number of aryl methyl sites for hydroxylation is 1. The number of hydrogen-bond acceptors (Lipinski definition) is 2. The molecule has 1 heterocycles. The third-order valence-corrected chi connectivity index (χ3v) is 3.10. The van der Waals surface area contributed by atoms with E-state index in [1.54, 1.807) is 0 Å². The van der Waals surface area contributed by atoms with Crippen LogP contribution in [0.5, 0.6) is 0 Å². The molecule has 0 aliphatic carbocycles. The average molecular weight is 237 g/mol. The summed E-state index contributed by atoms with van der Waals surface area (Å²) >= 11 is 0. The molecule has 0 spiro atoms. The van der Waals surface area contributed by atoms with E-state index in [0.29, 0.717) is 0 Å². The average Bonchev–Trinajstić information content (AvgIpc) is 2.63. The van der Waals surface area contributed by atoms with Crippen LogP contribution in [-0.4, -0.2) is 23.4 Å². The number of likely N-dealkylation sites (N-methyl/N-ethyl adjacent to an activating group) is 1. The van der Waals surface area contributed by atoms with Crippen molar-refractivity contribution in [1.82, 2.24) is 15.1 Å². The largest absolute Gasteiger partial charge is 0.319 e. The van der Waals surface area contributed by atoms with Gasteiger partial charge in [0.15, 0.2) is 0 Å². The fourth-order valence-corrected chi connectivity index (χ4v) is 2.28. The van der Waals surface area contributed by atoms with E-state index in [0.717, 1.165) is 25.8 Å². The Balaban J connectivity index is 3.21. The minimum Gasteiger partial charge on any atom is -0.319 e. The molecule has 3 heteroatoms. The van der Waals surface area contributed by atoms with Crippen LogP contribution in [0.2, 0.25) is 0 Å². The summed E-state index contributed by atoms with van der Waals surface area (Å²) in [7, 11) is 2.01. The van der Waals surface area contributed by atoms with Gasteiger partial charge in [-0.3, -0.25) is 4.68 Å². The summed E-state index contributed by atoms with van der Waals surface area (Å²) in [5, 5.41) is 8.04. The van der Waals surface area contributed by atoms with Gasteiger partial charge in [-0.2, -0.15) is 5.10 Å². The maximum Gasteiger partial charge on any atom is 0.0657 e. The normalized spacial score (nSPS) is 12.1. The van der Waals surface area contributed by atoms with E-state index in [-0.39, 0.29) is 5.54 Å². The van der Waals surface area contributed by atoms with E-state index in [4.69, 9.17) is 5.10 Å². The zero-order chi connectivity index (χ0) is 13.1. The molecule has 0 atom stereocenters. The second-order valence-corrected chi connectivity index (χ2v) is 5.52. The smallest absolute Gasteiger partial charge is 0.0657 e. The molecule has 1 N–H and O–H groups in total. The summed E-state index contributed by atoms with van der Waals surface area (Å²) in [6.45, 7) is 12.1. The Hall–Kier alpha value is -0.830. The van der Waals surface area contributed by atoms with Gasteiger partial charge in [0.05, 0.1) is 11.2 Å². The SMILES string of the molecule is CCc1nn(C(C)(C)C)c(CC)c1CCNC. The fourth-order valence-electron chi connectivity index (χ4n) is 2.28. The Kier molecular flexibility index (Phi) is 4.75. The lowest BCUT2D eigenvalue weighted by molar-refractivity contribution is 0.342. The Morgan fingerprint density at radius 1 is 1.18 bits per heavy atom. The van der Waals surface area contributed by atoms with Crippen LogP contribution in [-0.2, 0) is 24.8 Å². The van der Waals surface area contributed by atoms with Crippen molar-refractivity contribution in [1.29, 1.82) is 0 Å². The first-order chi connectivity index (χ1) is 7.95. The molecule has 3 nitrogen and oxygen atoms in total. The first kappa shape index (κ1) is 14.2. The van der Waals surface area contributed by atoms with E-state index in [1.165, 1.54) is 17.0 Å². The summed E-state index contributed by atoms with van der Waals surface area (Å²) < 4.78 is 2.22. The summed E-state index contributed by atoms with van der Waals surface area (Å²) in [5.74, 6) is 0. The van der Waals surface area contributed by atoms with Crippen LogP contribution in [0.1, 0.15) is 51.6 Å². The second-order valence-electron chi connectivity index (χ2n) is 5.52. The van der Waals surface area contributed by atoms with Crippen molar-refractivity contribution < 1.29 is 0 Å². The van der Waals surface area contributed by atoms with E-state index in [1.807, 2.05) is 7.05 Å². The number of hydrogen-bond donors (Lipinski definition) is 1. The summed E-state index contributed by atoms with van der Waals surface area (Å²) in [6.07, 6.45) is 3.16. The molecular formula is C14H27N3. The van der Waals surface area contributed by atoms with Gasteiger partial charge >= 0.3 is 0 Å². The van der Waals surface area contributed by atoms with Gasteiger partial charge in [-0.05, 0) is 59.2 Å². The van der Waals surface area contributed by atoms with Crippen molar-refractivity contribution in [3.63, 3.8) is 0 Å². The number of nitrogens with one attached hydrogen (secondary N) is 1. The lowest BCUT2D eigenvalue weighted by Gasteiger charge is -2.22. The van der Waals surface area contributed by atoms with Gasteiger partial charge in [0.2, 0.25) is 0 Å². The van der Waals surface area contributed by atoms with Crippen LogP contribution >= 0.6 is 0 Å². The summed E-state index contributed by atoms with van der Waals surface area (Å²) in [5.41, 5.74) is 4.21. The Morgan fingerprint density at radius 2 is 1.82 bits per heavy atom. The molecule has 17 heavy (non-hydrogen) atoms. The fraction of sp³-hybridized carbons (Fsp3) is 0.786. The maximum atomic E-state index is 4.81. The van der Waals surface area contributed by atoms with Gasteiger partial charge in [-0.25, -0.2) is 0 Å². The van der Waals surface area contributed by atoms with Gasteiger partial charge in [-0.15, -0.1) is 0 Å². The van der Waals surface area contributed by atoms with Crippen LogP contribution < -0.4 is 5.32 Å². The second kappa shape index (κ2) is 5.67. The van der Waals surface area contributed by atoms with E-state index >= 15 is 0 Å². The molecule has 1 aromatic heterocycles. The lowest BCUT2D eigenvalue weighted by atomic mass is 10.0. The molecule has 0 fully saturated rings. The molecule has 0 unspecified atom stereocenters. The van der Waals surface area contributed by atoms with Crippen LogP contribution in [0.4, 0.5) is 0 Å². The number of nitrogens with zero attached hydrogens (tertiary/aromatic N) is 2. The zero-order valence-corrected chi connectivity index (χ0v) is 12.2. The highest BCUT2D eigenvalue weighted by Crippen LogP contribution is 2.23. The van der Waals surface area contributed by atoms with Crippen LogP contribution in [0, 0.1) is 0 Å². The molecule has 0 bridgehead atoms. The molecule has 0 amide bonds. The highest BCUT2D eigenvalue weighted by atomic mass is 15.3. The maximum absolute atomic E-state index is 4.81. The zero-order valence-electron chi connectivity index (χ0n) is 12.2. The number of rotatable bonds is 5. The quantitative estimate of drug-likeness (QED) is 0.853. The molecule has 1 rings (SSSR count). The highest BCUT2D eigenvalue weighted by Gasteiger charge is 2.22. The molecule has 0 aromatic carbocycles. The first-order valence-electron chi connectivity index (χ1n) is 6.70. The predicted molar refractivity (Wildman–Crippen MR) is 73.6 cm³/mol. The van der Waals surface area contributed by atoms with E-state index < -0.39 is 0 Å². The number of aromatic nitrogens is 2. The third-order valence-electron chi connectivity index (χ3n) is 3.10. The Morgan fingerprint density at radius 3 is 2.24 bits per heavy atom. The van der Waals surface area contributed by atoms with Crippen molar-refractivity contribution >= 4 is 0 Å². The Bertz CT molecular complexity index is 358. The van der Waals surface area contributed by atoms with Crippen molar-refractivity contribution in [2.45, 2.75) is 59.4 Å². The first-order valence-corrected chi connectivity index (χ1v) is 6.70. The van der Waals surface area contributed by atoms with Gasteiger partial charge in [-0.1, -0.05) is 13.8 Å². The van der Waals surface area contributed by atoms with E-state index in [2.05, 4.69) is 44.6 Å². The van der Waals surface area contributed by atoms with Gasteiger partial charge in [0, 0.05) is 5.69 Å². The monoisotopic (exact) mass is 237 g/mol. The molecule has 0 radical (unpaired) electrons. The van der Waals surface area contributed by atoms with Crippen LogP contribution in [0.15, 0.2) is 0 Å². The van der Waals surface area contributed by atoms with Crippen molar-refractivity contribution in [3.05, 3.63) is 17.0 Å². The molecule has 0 aliphatic rings. The lowest BCUT2D eigenvalue weighted by Crippen LogP contribution is -2.25. The minimum absolute atomic E-state index is 0.0765.